The highest BCUT2D eigenvalue weighted by Gasteiger charge is 2.64. The molecule has 0 bridgehead atoms. The first-order chi connectivity index (χ1) is 11.1. The minimum absolute atomic E-state index is 0.0486. The van der Waals surface area contributed by atoms with E-state index in [0.29, 0.717) is 17.4 Å². The number of nitrogens with zero attached hydrogens (tertiary/aromatic N) is 1. The van der Waals surface area contributed by atoms with Crippen molar-refractivity contribution in [2.75, 3.05) is 6.79 Å². The molecule has 2 aliphatic carbocycles. The molecule has 122 valence electrons. The van der Waals surface area contributed by atoms with Crippen LogP contribution in [0.3, 0.4) is 0 Å². The molecule has 1 aromatic carbocycles. The van der Waals surface area contributed by atoms with Crippen LogP contribution in [0.1, 0.15) is 38.2 Å². The Morgan fingerprint density at radius 1 is 1.39 bits per heavy atom. The zero-order valence-corrected chi connectivity index (χ0v) is 14.6. The maximum absolute atomic E-state index is 12.4. The van der Waals surface area contributed by atoms with E-state index in [9.17, 15) is 4.79 Å². The first-order valence-electron chi connectivity index (χ1n) is 8.02. The van der Waals surface area contributed by atoms with Crippen molar-refractivity contribution in [1.82, 2.24) is 5.43 Å². The van der Waals surface area contributed by atoms with E-state index in [2.05, 4.69) is 33.4 Å². The van der Waals surface area contributed by atoms with Crippen molar-refractivity contribution in [2.45, 2.75) is 32.6 Å². The molecule has 0 aromatic heterocycles. The van der Waals surface area contributed by atoms with Crippen LogP contribution in [0.4, 0.5) is 0 Å². The second-order valence-corrected chi connectivity index (χ2v) is 7.65. The van der Waals surface area contributed by atoms with Gasteiger partial charge in [0, 0.05) is 16.0 Å². The van der Waals surface area contributed by atoms with Gasteiger partial charge in [0.05, 0.1) is 6.21 Å². The number of carbonyl (C=O) groups is 1. The third kappa shape index (κ3) is 2.53. The molecule has 2 saturated carbocycles. The van der Waals surface area contributed by atoms with Crippen molar-refractivity contribution in [3.8, 4) is 11.5 Å². The number of nitrogens with one attached hydrogen (secondary N) is 1. The third-order valence-corrected chi connectivity index (χ3v) is 6.17. The second kappa shape index (κ2) is 5.51. The summed E-state index contributed by atoms with van der Waals surface area (Å²) in [5.41, 5.74) is 3.75. The summed E-state index contributed by atoms with van der Waals surface area (Å²) in [5, 5.41) is 4.13. The van der Waals surface area contributed by atoms with Crippen molar-refractivity contribution < 1.29 is 14.3 Å². The SMILES string of the molecule is C[C@]12CCCC[C@@H]1[C@H]2C(=O)N/N=C\c1cc2c(cc1Br)OCO2. The molecule has 1 heterocycles. The summed E-state index contributed by atoms with van der Waals surface area (Å²) in [6.45, 7) is 2.47. The van der Waals surface area contributed by atoms with E-state index in [-0.39, 0.29) is 24.0 Å². The van der Waals surface area contributed by atoms with E-state index >= 15 is 0 Å². The number of hydrogen-bond donors (Lipinski definition) is 1. The summed E-state index contributed by atoms with van der Waals surface area (Å²) in [7, 11) is 0. The van der Waals surface area contributed by atoms with Crippen LogP contribution in [0.2, 0.25) is 0 Å². The fourth-order valence-corrected chi connectivity index (χ4v) is 4.54. The highest BCUT2D eigenvalue weighted by Crippen LogP contribution is 2.66. The lowest BCUT2D eigenvalue weighted by Crippen LogP contribution is -2.22. The van der Waals surface area contributed by atoms with Crippen LogP contribution in [0.25, 0.3) is 0 Å². The zero-order valence-electron chi connectivity index (χ0n) is 13.0. The van der Waals surface area contributed by atoms with Crippen LogP contribution < -0.4 is 14.9 Å². The molecule has 5 nitrogen and oxygen atoms in total. The third-order valence-electron chi connectivity index (χ3n) is 5.48. The molecule has 3 aliphatic rings. The molecule has 6 heteroatoms. The van der Waals surface area contributed by atoms with Crippen LogP contribution >= 0.6 is 15.9 Å². The van der Waals surface area contributed by atoms with Gasteiger partial charge in [0.1, 0.15) is 0 Å². The lowest BCUT2D eigenvalue weighted by atomic mass is 9.90. The fraction of sp³-hybridized carbons (Fsp3) is 0.529. The second-order valence-electron chi connectivity index (χ2n) is 6.80. The molecule has 1 N–H and O–H groups in total. The van der Waals surface area contributed by atoms with Crippen molar-refractivity contribution in [1.29, 1.82) is 0 Å². The molecule has 1 aromatic rings. The molecule has 1 amide bonds. The van der Waals surface area contributed by atoms with Gasteiger partial charge >= 0.3 is 0 Å². The largest absolute Gasteiger partial charge is 0.454 e. The maximum Gasteiger partial charge on any atom is 0.244 e. The monoisotopic (exact) mass is 378 g/mol. The van der Waals surface area contributed by atoms with Crippen LogP contribution in [0.5, 0.6) is 11.5 Å². The summed E-state index contributed by atoms with van der Waals surface area (Å²) in [6, 6.07) is 3.70. The Morgan fingerprint density at radius 3 is 2.91 bits per heavy atom. The summed E-state index contributed by atoms with van der Waals surface area (Å²) in [6.07, 6.45) is 6.46. The van der Waals surface area contributed by atoms with Crippen LogP contribution in [-0.4, -0.2) is 18.9 Å². The van der Waals surface area contributed by atoms with E-state index < -0.39 is 0 Å². The molecule has 1 aliphatic heterocycles. The minimum atomic E-state index is 0.0486. The van der Waals surface area contributed by atoms with Gasteiger partial charge in [-0.1, -0.05) is 19.8 Å². The Balaban J connectivity index is 1.41. The maximum atomic E-state index is 12.4. The van der Waals surface area contributed by atoms with Gasteiger partial charge in [0.25, 0.3) is 0 Å². The molecule has 0 spiro atoms. The summed E-state index contributed by atoms with van der Waals surface area (Å²) < 4.78 is 11.5. The Morgan fingerprint density at radius 2 is 2.17 bits per heavy atom. The molecular formula is C17H19BrN2O3. The van der Waals surface area contributed by atoms with Gasteiger partial charge < -0.3 is 9.47 Å². The quantitative estimate of drug-likeness (QED) is 0.647. The minimum Gasteiger partial charge on any atom is -0.454 e. The average molecular weight is 379 g/mol. The van der Waals surface area contributed by atoms with E-state index in [1.165, 1.54) is 19.3 Å². The van der Waals surface area contributed by atoms with Crippen molar-refractivity contribution in [3.05, 3.63) is 22.2 Å². The topological polar surface area (TPSA) is 59.9 Å². The number of halogens is 1. The summed E-state index contributed by atoms with van der Waals surface area (Å²) in [4.78, 5) is 12.4. The Bertz CT molecular complexity index is 691. The number of hydrogen-bond acceptors (Lipinski definition) is 4. The molecule has 3 atom stereocenters. The molecule has 0 unspecified atom stereocenters. The number of amides is 1. The predicted octanol–water partition coefficient (Wildman–Crippen LogP) is 3.45. The van der Waals surface area contributed by atoms with Crippen LogP contribution in [0, 0.1) is 17.3 Å². The van der Waals surface area contributed by atoms with Gasteiger partial charge in [-0.2, -0.15) is 5.10 Å². The lowest BCUT2D eigenvalue weighted by molar-refractivity contribution is -0.123. The van der Waals surface area contributed by atoms with E-state index in [1.807, 2.05) is 12.1 Å². The highest BCUT2D eigenvalue weighted by molar-refractivity contribution is 9.10. The predicted molar refractivity (Wildman–Crippen MR) is 89.6 cm³/mol. The number of carbonyl (C=O) groups excluding carboxylic acids is 1. The van der Waals surface area contributed by atoms with Gasteiger partial charge in [-0.05, 0) is 52.2 Å². The van der Waals surface area contributed by atoms with Gasteiger partial charge in [-0.3, -0.25) is 4.79 Å². The Hall–Kier alpha value is -1.56. The number of hydrazone groups is 1. The van der Waals surface area contributed by atoms with Crippen LogP contribution in [-0.2, 0) is 4.79 Å². The van der Waals surface area contributed by atoms with Crippen molar-refractivity contribution in [3.63, 3.8) is 0 Å². The average Bonchev–Trinajstić information content (AvgIpc) is 2.91. The standard InChI is InChI=1S/C17H19BrN2O3/c1-17-5-3-2-4-11(17)15(17)16(21)20-19-8-10-6-13-14(7-12(10)18)23-9-22-13/h6-8,11,15H,2-5,9H2,1H3,(H,20,21)/b19-8-/t11-,15+,17+/m1/s1. The highest BCUT2D eigenvalue weighted by atomic mass is 79.9. The van der Waals surface area contributed by atoms with Gasteiger partial charge in [0.2, 0.25) is 12.7 Å². The summed E-state index contributed by atoms with van der Waals surface area (Å²) >= 11 is 3.48. The normalized spacial score (nSPS) is 31.0. The van der Waals surface area contributed by atoms with Crippen molar-refractivity contribution in [2.24, 2.45) is 22.4 Å². The molecule has 0 saturated heterocycles. The van der Waals surface area contributed by atoms with Gasteiger partial charge in [-0.25, -0.2) is 5.43 Å². The molecule has 4 rings (SSSR count). The van der Waals surface area contributed by atoms with E-state index in [1.54, 1.807) is 6.21 Å². The number of rotatable bonds is 3. The van der Waals surface area contributed by atoms with Crippen molar-refractivity contribution >= 4 is 28.1 Å². The molecule has 23 heavy (non-hydrogen) atoms. The number of benzene rings is 1. The number of ether oxygens (including phenoxy) is 2. The first-order valence-corrected chi connectivity index (χ1v) is 8.81. The van der Waals surface area contributed by atoms with E-state index in [0.717, 1.165) is 16.5 Å². The summed E-state index contributed by atoms with van der Waals surface area (Å²) in [5.74, 6) is 2.13. The zero-order chi connectivity index (χ0) is 16.0. The Kier molecular flexibility index (Phi) is 3.59. The molecule has 2 fully saturated rings. The molecular weight excluding hydrogens is 360 g/mol. The molecule has 0 radical (unpaired) electrons. The smallest absolute Gasteiger partial charge is 0.244 e. The van der Waals surface area contributed by atoms with Gasteiger partial charge in [-0.15, -0.1) is 0 Å². The van der Waals surface area contributed by atoms with E-state index in [4.69, 9.17) is 9.47 Å². The Labute approximate surface area is 143 Å². The lowest BCUT2D eigenvalue weighted by Gasteiger charge is -2.15. The first kappa shape index (κ1) is 15.0. The van der Waals surface area contributed by atoms with Gasteiger partial charge in [0.15, 0.2) is 11.5 Å². The fourth-order valence-electron chi connectivity index (χ4n) is 4.12. The number of fused-ring (bicyclic) bond motifs is 2. The van der Waals surface area contributed by atoms with Crippen LogP contribution in [0.15, 0.2) is 21.7 Å².